The van der Waals surface area contributed by atoms with E-state index in [-0.39, 0.29) is 0 Å². The van der Waals surface area contributed by atoms with Gasteiger partial charge in [0.1, 0.15) is 0 Å². The molecule has 1 aliphatic rings. The first-order chi connectivity index (χ1) is 7.88. The van der Waals surface area contributed by atoms with Crippen molar-refractivity contribution in [2.75, 3.05) is 26.7 Å². The van der Waals surface area contributed by atoms with Crippen LogP contribution in [0.4, 0.5) is 0 Å². The largest absolute Gasteiger partial charge is 0.338 e. The molecule has 0 aliphatic carbocycles. The van der Waals surface area contributed by atoms with E-state index >= 15 is 0 Å². The molecule has 1 fully saturated rings. The quantitative estimate of drug-likeness (QED) is 0.805. The molecule has 2 rings (SSSR count). The van der Waals surface area contributed by atoms with Crippen LogP contribution in [-0.2, 0) is 6.54 Å². The van der Waals surface area contributed by atoms with Crippen molar-refractivity contribution in [2.45, 2.75) is 25.8 Å². The summed E-state index contributed by atoms with van der Waals surface area (Å²) in [5.74, 6) is 1.61. The third-order valence-electron chi connectivity index (χ3n) is 3.28. The SMILES string of the molecule is CNCCC1CCN(Cc2ncno2)CC1. The van der Waals surface area contributed by atoms with Crippen LogP contribution < -0.4 is 5.32 Å². The molecule has 0 aromatic carbocycles. The Labute approximate surface area is 96.2 Å². The molecule has 0 saturated carbocycles. The van der Waals surface area contributed by atoms with E-state index in [4.69, 9.17) is 4.52 Å². The van der Waals surface area contributed by atoms with Crippen LogP contribution in [0.5, 0.6) is 0 Å². The van der Waals surface area contributed by atoms with E-state index < -0.39 is 0 Å². The van der Waals surface area contributed by atoms with Crippen LogP contribution in [0.15, 0.2) is 10.9 Å². The minimum atomic E-state index is 0.730. The average molecular weight is 224 g/mol. The van der Waals surface area contributed by atoms with Gasteiger partial charge in [0.25, 0.3) is 0 Å². The molecule has 0 atom stereocenters. The minimum Gasteiger partial charge on any atom is -0.338 e. The van der Waals surface area contributed by atoms with E-state index in [2.05, 4.69) is 20.4 Å². The summed E-state index contributed by atoms with van der Waals surface area (Å²) in [7, 11) is 2.02. The first-order valence-corrected chi connectivity index (χ1v) is 6.01. The third-order valence-corrected chi connectivity index (χ3v) is 3.28. The van der Waals surface area contributed by atoms with E-state index in [1.165, 1.54) is 25.6 Å². The Bertz CT molecular complexity index is 280. The zero-order valence-corrected chi connectivity index (χ0v) is 9.85. The lowest BCUT2D eigenvalue weighted by Crippen LogP contribution is -2.34. The summed E-state index contributed by atoms with van der Waals surface area (Å²) in [5.41, 5.74) is 0. The normalized spacial score (nSPS) is 19.1. The van der Waals surface area contributed by atoms with Crippen molar-refractivity contribution in [3.63, 3.8) is 0 Å². The van der Waals surface area contributed by atoms with Gasteiger partial charge in [-0.15, -0.1) is 0 Å². The van der Waals surface area contributed by atoms with Gasteiger partial charge in [-0.3, -0.25) is 4.90 Å². The summed E-state index contributed by atoms with van der Waals surface area (Å²) < 4.78 is 5.02. The van der Waals surface area contributed by atoms with E-state index in [9.17, 15) is 0 Å². The smallest absolute Gasteiger partial charge is 0.240 e. The molecular weight excluding hydrogens is 204 g/mol. The van der Waals surface area contributed by atoms with Crippen molar-refractivity contribution in [2.24, 2.45) is 5.92 Å². The summed E-state index contributed by atoms with van der Waals surface area (Å²) >= 11 is 0. The number of hydrogen-bond acceptors (Lipinski definition) is 5. The average Bonchev–Trinajstić information content (AvgIpc) is 2.81. The summed E-state index contributed by atoms with van der Waals surface area (Å²) in [5, 5.41) is 6.84. The highest BCUT2D eigenvalue weighted by molar-refractivity contribution is 4.79. The lowest BCUT2D eigenvalue weighted by atomic mass is 9.93. The molecule has 16 heavy (non-hydrogen) atoms. The second-order valence-corrected chi connectivity index (χ2v) is 4.45. The Morgan fingerprint density at radius 3 is 2.94 bits per heavy atom. The summed E-state index contributed by atoms with van der Waals surface area (Å²) in [4.78, 5) is 6.44. The maximum absolute atomic E-state index is 5.02. The molecule has 1 aromatic rings. The van der Waals surface area contributed by atoms with Crippen molar-refractivity contribution in [3.05, 3.63) is 12.2 Å². The zero-order chi connectivity index (χ0) is 11.2. The van der Waals surface area contributed by atoms with Crippen molar-refractivity contribution in [3.8, 4) is 0 Å². The Balaban J connectivity index is 1.69. The van der Waals surface area contributed by atoms with E-state index in [1.54, 1.807) is 0 Å². The van der Waals surface area contributed by atoms with Gasteiger partial charge in [0.2, 0.25) is 5.89 Å². The fraction of sp³-hybridized carbons (Fsp3) is 0.818. The van der Waals surface area contributed by atoms with Crippen LogP contribution in [0, 0.1) is 5.92 Å². The number of aromatic nitrogens is 2. The van der Waals surface area contributed by atoms with Gasteiger partial charge in [0.15, 0.2) is 6.33 Å². The molecule has 0 bridgehead atoms. The molecule has 90 valence electrons. The van der Waals surface area contributed by atoms with Gasteiger partial charge in [0.05, 0.1) is 6.54 Å². The predicted octanol–water partition coefficient (Wildman–Crippen LogP) is 0.891. The summed E-state index contributed by atoms with van der Waals surface area (Å²) in [6, 6.07) is 0. The van der Waals surface area contributed by atoms with Crippen LogP contribution in [0.3, 0.4) is 0 Å². The molecule has 1 aromatic heterocycles. The highest BCUT2D eigenvalue weighted by Gasteiger charge is 2.19. The van der Waals surface area contributed by atoms with Crippen LogP contribution in [0.25, 0.3) is 0 Å². The van der Waals surface area contributed by atoms with Gasteiger partial charge in [-0.1, -0.05) is 5.16 Å². The third kappa shape index (κ3) is 3.28. The molecule has 0 radical (unpaired) electrons. The number of nitrogens with one attached hydrogen (secondary N) is 1. The van der Waals surface area contributed by atoms with Crippen LogP contribution in [-0.4, -0.2) is 41.7 Å². The lowest BCUT2D eigenvalue weighted by molar-refractivity contribution is 0.155. The molecular formula is C11H20N4O. The molecule has 0 amide bonds. The summed E-state index contributed by atoms with van der Waals surface area (Å²) in [6.45, 7) is 4.24. The Morgan fingerprint density at radius 1 is 1.50 bits per heavy atom. The van der Waals surface area contributed by atoms with Gasteiger partial charge in [-0.25, -0.2) is 0 Å². The molecule has 5 heteroatoms. The molecule has 0 spiro atoms. The number of hydrogen-bond donors (Lipinski definition) is 1. The molecule has 1 aliphatic heterocycles. The Kier molecular flexibility index (Phi) is 4.30. The maximum Gasteiger partial charge on any atom is 0.240 e. The zero-order valence-electron chi connectivity index (χ0n) is 9.85. The minimum absolute atomic E-state index is 0.730. The van der Waals surface area contributed by atoms with Gasteiger partial charge in [0, 0.05) is 0 Å². The van der Waals surface area contributed by atoms with Crippen molar-refractivity contribution in [1.82, 2.24) is 20.4 Å². The van der Waals surface area contributed by atoms with E-state index in [0.717, 1.165) is 38.0 Å². The Hall–Kier alpha value is -0.940. The first-order valence-electron chi connectivity index (χ1n) is 6.01. The van der Waals surface area contributed by atoms with Crippen LogP contribution >= 0.6 is 0 Å². The molecule has 0 unspecified atom stereocenters. The topological polar surface area (TPSA) is 54.2 Å². The van der Waals surface area contributed by atoms with Crippen molar-refractivity contribution in [1.29, 1.82) is 0 Å². The summed E-state index contributed by atoms with van der Waals surface area (Å²) in [6.07, 6.45) is 5.34. The van der Waals surface area contributed by atoms with Gasteiger partial charge in [-0.05, 0) is 51.9 Å². The van der Waals surface area contributed by atoms with Crippen LogP contribution in [0.2, 0.25) is 0 Å². The Morgan fingerprint density at radius 2 is 2.31 bits per heavy atom. The standard InChI is InChI=1S/C11H20N4O/c1-12-5-2-10-3-6-15(7-4-10)8-11-13-9-14-16-11/h9-10,12H,2-8H2,1H3. The molecule has 1 N–H and O–H groups in total. The van der Waals surface area contributed by atoms with Crippen LogP contribution in [0.1, 0.15) is 25.2 Å². The molecule has 1 saturated heterocycles. The van der Waals surface area contributed by atoms with Gasteiger partial charge in [-0.2, -0.15) is 4.98 Å². The van der Waals surface area contributed by atoms with Gasteiger partial charge < -0.3 is 9.84 Å². The number of rotatable bonds is 5. The second kappa shape index (κ2) is 5.96. The number of nitrogens with zero attached hydrogens (tertiary/aromatic N) is 3. The first kappa shape index (κ1) is 11.5. The monoisotopic (exact) mass is 224 g/mol. The van der Waals surface area contributed by atoms with Crippen molar-refractivity contribution >= 4 is 0 Å². The maximum atomic E-state index is 5.02. The van der Waals surface area contributed by atoms with Gasteiger partial charge >= 0.3 is 0 Å². The molecule has 5 nitrogen and oxygen atoms in total. The number of likely N-dealkylation sites (tertiary alicyclic amines) is 1. The number of piperidine rings is 1. The fourth-order valence-electron chi connectivity index (χ4n) is 2.24. The van der Waals surface area contributed by atoms with E-state index in [0.29, 0.717) is 0 Å². The highest BCUT2D eigenvalue weighted by atomic mass is 16.5. The fourth-order valence-corrected chi connectivity index (χ4v) is 2.24. The van der Waals surface area contributed by atoms with Crippen molar-refractivity contribution < 1.29 is 4.52 Å². The highest BCUT2D eigenvalue weighted by Crippen LogP contribution is 2.20. The second-order valence-electron chi connectivity index (χ2n) is 4.45. The predicted molar refractivity (Wildman–Crippen MR) is 60.8 cm³/mol. The van der Waals surface area contributed by atoms with E-state index in [1.807, 2.05) is 7.05 Å². The lowest BCUT2D eigenvalue weighted by Gasteiger charge is -2.30. The molecule has 2 heterocycles.